The normalized spacial score (nSPS) is 11.4. The van der Waals surface area contributed by atoms with Gasteiger partial charge in [-0.05, 0) is 42.5 Å². The maximum absolute atomic E-state index is 13.4. The monoisotopic (exact) mass is 462 g/mol. The van der Waals surface area contributed by atoms with E-state index in [0.717, 1.165) is 27.7 Å². The van der Waals surface area contributed by atoms with Gasteiger partial charge in [0.15, 0.2) is 5.16 Å². The highest BCUT2D eigenvalue weighted by molar-refractivity contribution is 7.98. The van der Waals surface area contributed by atoms with E-state index < -0.39 is 0 Å². The molecule has 5 aromatic rings. The van der Waals surface area contributed by atoms with Gasteiger partial charge in [0, 0.05) is 11.3 Å². The van der Waals surface area contributed by atoms with Crippen LogP contribution < -0.4 is 10.3 Å². The molecule has 3 aromatic heterocycles. The van der Waals surface area contributed by atoms with Crippen LogP contribution in [0.15, 0.2) is 69.9 Å². The first kappa shape index (κ1) is 20.8. The Kier molecular flexibility index (Phi) is 5.71. The Bertz CT molecular complexity index is 1470. The predicted molar refractivity (Wildman–Crippen MR) is 130 cm³/mol. The number of fused-ring (bicyclic) bond motifs is 3. The summed E-state index contributed by atoms with van der Waals surface area (Å²) in [7, 11) is 0. The molecule has 0 saturated carbocycles. The fourth-order valence-corrected chi connectivity index (χ4v) is 5.59. The predicted octanol–water partition coefficient (Wildman–Crippen LogP) is 5.15. The molecule has 8 heteroatoms. The van der Waals surface area contributed by atoms with Crippen LogP contribution in [0.1, 0.15) is 23.6 Å². The lowest BCUT2D eigenvalue weighted by Crippen LogP contribution is -2.23. The summed E-state index contributed by atoms with van der Waals surface area (Å²) in [5, 5.41) is 11.6. The molecular formula is C24H22N4O2S2. The highest BCUT2D eigenvalue weighted by Gasteiger charge is 2.19. The molecule has 6 nitrogen and oxygen atoms in total. The van der Waals surface area contributed by atoms with Crippen molar-refractivity contribution in [1.29, 1.82) is 0 Å². The van der Waals surface area contributed by atoms with Gasteiger partial charge in [0.2, 0.25) is 5.78 Å². The van der Waals surface area contributed by atoms with Crippen molar-refractivity contribution in [1.82, 2.24) is 19.2 Å². The maximum Gasteiger partial charge on any atom is 0.273 e. The average molecular weight is 463 g/mol. The number of para-hydroxylation sites is 1. The Morgan fingerprint density at radius 2 is 1.81 bits per heavy atom. The lowest BCUT2D eigenvalue weighted by atomic mass is 10.1. The molecule has 3 heterocycles. The summed E-state index contributed by atoms with van der Waals surface area (Å²) >= 11 is 3.07. The topological polar surface area (TPSA) is 61.4 Å². The Balaban J connectivity index is 1.61. The van der Waals surface area contributed by atoms with Gasteiger partial charge in [-0.1, -0.05) is 54.2 Å². The van der Waals surface area contributed by atoms with E-state index >= 15 is 0 Å². The molecule has 0 aliphatic heterocycles. The number of aryl methyl sites for hydroxylation is 1. The summed E-state index contributed by atoms with van der Waals surface area (Å²) in [6.45, 7) is 5.00. The third-order valence-electron chi connectivity index (χ3n) is 5.40. The number of hydrogen-bond acceptors (Lipinski definition) is 6. The van der Waals surface area contributed by atoms with E-state index in [4.69, 9.17) is 4.74 Å². The number of rotatable bonds is 7. The molecule has 162 valence electrons. The highest BCUT2D eigenvalue weighted by Crippen LogP contribution is 2.28. The van der Waals surface area contributed by atoms with Crippen molar-refractivity contribution < 1.29 is 4.74 Å². The number of hydrogen-bond donors (Lipinski definition) is 0. The second kappa shape index (κ2) is 8.80. The van der Waals surface area contributed by atoms with Gasteiger partial charge in [0.05, 0.1) is 18.7 Å². The Labute approximate surface area is 193 Å². The second-order valence-corrected chi connectivity index (χ2v) is 9.26. The Hall–Kier alpha value is -3.10. The summed E-state index contributed by atoms with van der Waals surface area (Å²) in [5.74, 6) is 2.10. The van der Waals surface area contributed by atoms with E-state index in [-0.39, 0.29) is 5.56 Å². The number of thioether (sulfide) groups is 1. The zero-order valence-electron chi connectivity index (χ0n) is 17.8. The number of nitrogens with zero attached hydrogens (tertiary/aromatic N) is 4. The lowest BCUT2D eigenvalue weighted by molar-refractivity contribution is 0.336. The molecule has 0 atom stereocenters. The standard InChI is InChI=1S/C24H22N4O2S2/c1-3-30-20-11-7-6-9-17(20)14-27-22(29)21-19(12-13-31-21)28-23(27)25-26-24(28)32-15-18-10-5-4-8-16(18)2/h4-13H,3,14-15H2,1-2H3. The van der Waals surface area contributed by atoms with Gasteiger partial charge in [-0.25, -0.2) is 0 Å². The van der Waals surface area contributed by atoms with Gasteiger partial charge >= 0.3 is 0 Å². The first-order valence-electron chi connectivity index (χ1n) is 10.4. The molecule has 2 aromatic carbocycles. The maximum atomic E-state index is 13.4. The molecule has 0 saturated heterocycles. The third-order valence-corrected chi connectivity index (χ3v) is 7.27. The molecule has 5 rings (SSSR count). The first-order valence-corrected chi connectivity index (χ1v) is 12.3. The van der Waals surface area contributed by atoms with Gasteiger partial charge in [-0.3, -0.25) is 13.8 Å². The van der Waals surface area contributed by atoms with Crippen molar-refractivity contribution in [3.8, 4) is 5.75 Å². The molecule has 0 amide bonds. The largest absolute Gasteiger partial charge is 0.494 e. The minimum Gasteiger partial charge on any atom is -0.494 e. The SMILES string of the molecule is CCOc1ccccc1Cn1c(=O)c2sccc2n2c(SCc3ccccc3C)nnc12. The quantitative estimate of drug-likeness (QED) is 0.313. The zero-order valence-corrected chi connectivity index (χ0v) is 19.4. The molecule has 0 N–H and O–H groups in total. The molecule has 0 spiro atoms. The van der Waals surface area contributed by atoms with Gasteiger partial charge in [0.1, 0.15) is 10.4 Å². The summed E-state index contributed by atoms with van der Waals surface area (Å²) in [6, 6.07) is 18.1. The number of ether oxygens (including phenoxy) is 1. The van der Waals surface area contributed by atoms with Crippen LogP contribution in [0.3, 0.4) is 0 Å². The molecule has 0 fully saturated rings. The van der Waals surface area contributed by atoms with Crippen LogP contribution >= 0.6 is 23.1 Å². The third kappa shape index (κ3) is 3.69. The molecule has 0 unspecified atom stereocenters. The van der Waals surface area contributed by atoms with Crippen LogP contribution in [0.5, 0.6) is 5.75 Å². The summed E-state index contributed by atoms with van der Waals surface area (Å²) in [6.07, 6.45) is 0. The van der Waals surface area contributed by atoms with Crippen LogP contribution in [0.25, 0.3) is 16.0 Å². The number of thiophene rings is 1. The summed E-state index contributed by atoms with van der Waals surface area (Å²) < 4.78 is 10.2. The molecule has 0 radical (unpaired) electrons. The highest BCUT2D eigenvalue weighted by atomic mass is 32.2. The van der Waals surface area contributed by atoms with E-state index in [1.54, 1.807) is 16.3 Å². The van der Waals surface area contributed by atoms with Crippen LogP contribution in [0.2, 0.25) is 0 Å². The minimum atomic E-state index is -0.0587. The van der Waals surface area contributed by atoms with Gasteiger partial charge in [-0.2, -0.15) is 0 Å². The average Bonchev–Trinajstić information content (AvgIpc) is 3.44. The van der Waals surface area contributed by atoms with Gasteiger partial charge < -0.3 is 4.74 Å². The zero-order chi connectivity index (χ0) is 22.1. The molecular weight excluding hydrogens is 440 g/mol. The summed E-state index contributed by atoms with van der Waals surface area (Å²) in [4.78, 5) is 13.4. The number of aromatic nitrogens is 4. The van der Waals surface area contributed by atoms with E-state index in [9.17, 15) is 4.79 Å². The minimum absolute atomic E-state index is 0.0587. The van der Waals surface area contributed by atoms with Gasteiger partial charge in [-0.15, -0.1) is 21.5 Å². The number of benzene rings is 2. The smallest absolute Gasteiger partial charge is 0.273 e. The fourth-order valence-electron chi connectivity index (χ4n) is 3.75. The lowest BCUT2D eigenvalue weighted by Gasteiger charge is -2.13. The van der Waals surface area contributed by atoms with Crippen molar-refractivity contribution >= 4 is 39.1 Å². The molecule has 32 heavy (non-hydrogen) atoms. The molecule has 0 aliphatic rings. The fraction of sp³-hybridized carbons (Fsp3) is 0.208. The van der Waals surface area contributed by atoms with Gasteiger partial charge in [0.25, 0.3) is 5.56 Å². The van der Waals surface area contributed by atoms with Crippen LogP contribution in [0, 0.1) is 6.92 Å². The first-order chi connectivity index (χ1) is 15.7. The molecule has 0 aliphatic carbocycles. The Morgan fingerprint density at radius 1 is 1.03 bits per heavy atom. The van der Waals surface area contributed by atoms with Crippen molar-refractivity contribution in [2.45, 2.75) is 31.3 Å². The van der Waals surface area contributed by atoms with E-state index in [2.05, 4.69) is 35.3 Å². The van der Waals surface area contributed by atoms with Crippen molar-refractivity contribution in [3.63, 3.8) is 0 Å². The second-order valence-electron chi connectivity index (χ2n) is 7.40. The van der Waals surface area contributed by atoms with Crippen molar-refractivity contribution in [2.75, 3.05) is 6.61 Å². The van der Waals surface area contributed by atoms with E-state index in [1.807, 2.05) is 53.1 Å². The van der Waals surface area contributed by atoms with Crippen LogP contribution in [0.4, 0.5) is 0 Å². The molecule has 0 bridgehead atoms. The van der Waals surface area contributed by atoms with E-state index in [1.165, 1.54) is 22.5 Å². The van der Waals surface area contributed by atoms with Crippen molar-refractivity contribution in [3.05, 3.63) is 87.0 Å². The van der Waals surface area contributed by atoms with Crippen molar-refractivity contribution in [2.24, 2.45) is 0 Å². The summed E-state index contributed by atoms with van der Waals surface area (Å²) in [5.41, 5.74) is 4.23. The van der Waals surface area contributed by atoms with Crippen LogP contribution in [-0.4, -0.2) is 25.8 Å². The van der Waals surface area contributed by atoms with E-state index in [0.29, 0.717) is 23.6 Å². The van der Waals surface area contributed by atoms with Crippen LogP contribution in [-0.2, 0) is 12.3 Å². The Morgan fingerprint density at radius 3 is 2.62 bits per heavy atom.